The lowest BCUT2D eigenvalue weighted by molar-refractivity contribution is -0.137. The molecule has 2 bridgehead atoms. The number of hydrogen-bond donors (Lipinski definition) is 0. The first-order chi connectivity index (χ1) is 8.50. The molecular weight excluding hydrogens is 224 g/mol. The van der Waals surface area contributed by atoms with Crippen molar-refractivity contribution in [2.75, 3.05) is 13.6 Å². The van der Waals surface area contributed by atoms with Crippen LogP contribution in [0, 0.1) is 34.5 Å². The molecule has 2 saturated carbocycles. The molecule has 0 aromatic heterocycles. The highest BCUT2D eigenvalue weighted by molar-refractivity contribution is 5.84. The van der Waals surface area contributed by atoms with Crippen molar-refractivity contribution in [3.05, 3.63) is 0 Å². The van der Waals surface area contributed by atoms with Gasteiger partial charge in [0, 0.05) is 13.6 Å². The van der Waals surface area contributed by atoms with Crippen molar-refractivity contribution in [2.24, 2.45) is 23.2 Å². The predicted molar refractivity (Wildman–Crippen MR) is 70.6 cm³/mol. The van der Waals surface area contributed by atoms with Crippen LogP contribution in [0.25, 0.3) is 0 Å². The summed E-state index contributed by atoms with van der Waals surface area (Å²) >= 11 is 0. The van der Waals surface area contributed by atoms with E-state index in [1.54, 1.807) is 11.8 Å². The van der Waals surface area contributed by atoms with Gasteiger partial charge in [-0.3, -0.25) is 4.79 Å². The van der Waals surface area contributed by atoms with Gasteiger partial charge in [-0.1, -0.05) is 13.3 Å². The standard InChI is InChI=1S/C15H24N2O/c1-4-15(2,10-16)14(18)17(3)9-13-8-11-5-6-12(13)7-11/h11-13H,4-9H2,1-3H3. The summed E-state index contributed by atoms with van der Waals surface area (Å²) in [7, 11) is 1.86. The molecule has 0 radical (unpaired) electrons. The van der Waals surface area contributed by atoms with Crippen molar-refractivity contribution < 1.29 is 4.79 Å². The number of hydrogen-bond acceptors (Lipinski definition) is 2. The highest BCUT2D eigenvalue weighted by Gasteiger charge is 2.41. The molecule has 0 aromatic carbocycles. The number of rotatable bonds is 4. The van der Waals surface area contributed by atoms with E-state index in [4.69, 9.17) is 0 Å². The SMILES string of the molecule is CCC(C)(C#N)C(=O)N(C)CC1CC2CCC1C2. The van der Waals surface area contributed by atoms with Crippen LogP contribution in [0.1, 0.15) is 46.0 Å². The molecule has 1 amide bonds. The minimum absolute atomic E-state index is 0.00438. The highest BCUT2D eigenvalue weighted by Crippen LogP contribution is 2.48. The summed E-state index contributed by atoms with van der Waals surface area (Å²) in [6.07, 6.45) is 5.99. The fourth-order valence-corrected chi connectivity index (χ4v) is 3.73. The molecule has 2 fully saturated rings. The summed E-state index contributed by atoms with van der Waals surface area (Å²) in [5.74, 6) is 2.42. The Labute approximate surface area is 110 Å². The van der Waals surface area contributed by atoms with Gasteiger partial charge in [0.1, 0.15) is 5.41 Å². The Kier molecular flexibility index (Phi) is 3.66. The molecule has 3 heteroatoms. The Bertz CT molecular complexity index is 373. The molecule has 0 saturated heterocycles. The van der Waals surface area contributed by atoms with E-state index in [1.165, 1.54) is 25.7 Å². The first-order valence-corrected chi connectivity index (χ1v) is 7.17. The lowest BCUT2D eigenvalue weighted by atomic mass is 9.85. The third kappa shape index (κ3) is 2.25. The van der Waals surface area contributed by atoms with Crippen molar-refractivity contribution in [1.29, 1.82) is 5.26 Å². The zero-order chi connectivity index (χ0) is 13.3. The van der Waals surface area contributed by atoms with Gasteiger partial charge < -0.3 is 4.90 Å². The monoisotopic (exact) mass is 248 g/mol. The van der Waals surface area contributed by atoms with Crippen molar-refractivity contribution in [3.63, 3.8) is 0 Å². The molecule has 0 heterocycles. The number of amides is 1. The molecule has 100 valence electrons. The Hall–Kier alpha value is -1.04. The van der Waals surface area contributed by atoms with Crippen LogP contribution in [0.5, 0.6) is 0 Å². The molecule has 0 spiro atoms. The highest BCUT2D eigenvalue weighted by atomic mass is 16.2. The van der Waals surface area contributed by atoms with Gasteiger partial charge in [-0.25, -0.2) is 0 Å². The summed E-state index contributed by atoms with van der Waals surface area (Å²) in [5.41, 5.74) is -0.841. The number of carbonyl (C=O) groups is 1. The quantitative estimate of drug-likeness (QED) is 0.768. The molecular formula is C15H24N2O. The third-order valence-electron chi connectivity index (χ3n) is 5.17. The number of fused-ring (bicyclic) bond motifs is 2. The second-order valence-electron chi connectivity index (χ2n) is 6.42. The van der Waals surface area contributed by atoms with Crippen molar-refractivity contribution >= 4 is 5.91 Å². The Morgan fingerprint density at radius 2 is 2.17 bits per heavy atom. The van der Waals surface area contributed by atoms with Crippen LogP contribution in [0.3, 0.4) is 0 Å². The smallest absolute Gasteiger partial charge is 0.242 e. The van der Waals surface area contributed by atoms with Gasteiger partial charge in [0.05, 0.1) is 6.07 Å². The van der Waals surface area contributed by atoms with E-state index < -0.39 is 5.41 Å². The average Bonchev–Trinajstić information content (AvgIpc) is 2.99. The maximum atomic E-state index is 12.3. The van der Waals surface area contributed by atoms with E-state index in [1.807, 2.05) is 14.0 Å². The number of nitrogens with zero attached hydrogens (tertiary/aromatic N) is 2. The molecule has 18 heavy (non-hydrogen) atoms. The molecule has 4 atom stereocenters. The van der Waals surface area contributed by atoms with Gasteiger partial charge in [0.25, 0.3) is 0 Å². The van der Waals surface area contributed by atoms with Gasteiger partial charge in [-0.05, 0) is 50.4 Å². The van der Waals surface area contributed by atoms with Gasteiger partial charge in [-0.2, -0.15) is 5.26 Å². The number of carbonyl (C=O) groups excluding carboxylic acids is 1. The molecule has 4 unspecified atom stereocenters. The van der Waals surface area contributed by atoms with Crippen LogP contribution >= 0.6 is 0 Å². The normalized spacial score (nSPS) is 32.9. The Balaban J connectivity index is 1.94. The van der Waals surface area contributed by atoms with Gasteiger partial charge in [0.2, 0.25) is 5.91 Å². The van der Waals surface area contributed by atoms with Crippen LogP contribution in [0.4, 0.5) is 0 Å². The second-order valence-corrected chi connectivity index (χ2v) is 6.42. The second kappa shape index (κ2) is 4.91. The summed E-state index contributed by atoms with van der Waals surface area (Å²) < 4.78 is 0. The lowest BCUT2D eigenvalue weighted by Crippen LogP contribution is -2.42. The maximum Gasteiger partial charge on any atom is 0.242 e. The van der Waals surface area contributed by atoms with Crippen molar-refractivity contribution in [2.45, 2.75) is 46.0 Å². The van der Waals surface area contributed by atoms with Crippen LogP contribution in [0.15, 0.2) is 0 Å². The molecule has 2 rings (SSSR count). The minimum Gasteiger partial charge on any atom is -0.344 e. The van der Waals surface area contributed by atoms with Crippen molar-refractivity contribution in [3.8, 4) is 6.07 Å². The van der Waals surface area contributed by atoms with E-state index >= 15 is 0 Å². The minimum atomic E-state index is -0.841. The zero-order valence-electron chi connectivity index (χ0n) is 11.8. The van der Waals surface area contributed by atoms with E-state index in [0.29, 0.717) is 12.3 Å². The largest absolute Gasteiger partial charge is 0.344 e. The summed E-state index contributed by atoms with van der Waals surface area (Å²) in [4.78, 5) is 14.1. The summed E-state index contributed by atoms with van der Waals surface area (Å²) in [6, 6.07) is 2.18. The van der Waals surface area contributed by atoms with Gasteiger partial charge >= 0.3 is 0 Å². The molecule has 2 aliphatic rings. The van der Waals surface area contributed by atoms with Gasteiger partial charge in [-0.15, -0.1) is 0 Å². The zero-order valence-corrected chi connectivity index (χ0v) is 11.8. The van der Waals surface area contributed by atoms with Crippen LogP contribution in [-0.4, -0.2) is 24.4 Å². The van der Waals surface area contributed by atoms with Crippen molar-refractivity contribution in [1.82, 2.24) is 4.90 Å². The van der Waals surface area contributed by atoms with E-state index in [9.17, 15) is 10.1 Å². The summed E-state index contributed by atoms with van der Waals surface area (Å²) in [5, 5.41) is 9.17. The van der Waals surface area contributed by atoms with Crippen LogP contribution in [-0.2, 0) is 4.79 Å². The summed E-state index contributed by atoms with van der Waals surface area (Å²) in [6.45, 7) is 4.51. The maximum absolute atomic E-state index is 12.3. The first kappa shape index (κ1) is 13.4. The van der Waals surface area contributed by atoms with E-state index in [-0.39, 0.29) is 5.91 Å². The molecule has 3 nitrogen and oxygen atoms in total. The first-order valence-electron chi connectivity index (χ1n) is 7.17. The molecule has 0 N–H and O–H groups in total. The van der Waals surface area contributed by atoms with Crippen LogP contribution < -0.4 is 0 Å². The third-order valence-corrected chi connectivity index (χ3v) is 5.17. The average molecular weight is 248 g/mol. The van der Waals surface area contributed by atoms with E-state index in [0.717, 1.165) is 18.4 Å². The molecule has 0 aliphatic heterocycles. The molecule has 2 aliphatic carbocycles. The lowest BCUT2D eigenvalue weighted by Gasteiger charge is -2.31. The van der Waals surface area contributed by atoms with E-state index in [2.05, 4.69) is 6.07 Å². The fourth-order valence-electron chi connectivity index (χ4n) is 3.73. The predicted octanol–water partition coefficient (Wildman–Crippen LogP) is 2.82. The van der Waals surface area contributed by atoms with Gasteiger partial charge in [0.15, 0.2) is 0 Å². The fraction of sp³-hybridized carbons (Fsp3) is 0.867. The number of nitriles is 1. The molecule has 0 aromatic rings. The topological polar surface area (TPSA) is 44.1 Å². The van der Waals surface area contributed by atoms with Crippen LogP contribution in [0.2, 0.25) is 0 Å². The Morgan fingerprint density at radius 3 is 2.61 bits per heavy atom. The Morgan fingerprint density at radius 1 is 1.44 bits per heavy atom.